The highest BCUT2D eigenvalue weighted by molar-refractivity contribution is 6.00. The molecule has 162 valence electrons. The van der Waals surface area contributed by atoms with E-state index in [2.05, 4.69) is 24.0 Å². The summed E-state index contributed by atoms with van der Waals surface area (Å²) >= 11 is 0. The van der Waals surface area contributed by atoms with Crippen molar-refractivity contribution in [3.8, 4) is 0 Å². The maximum Gasteiger partial charge on any atom is 0.527 e. The molecular formula is C24H33N2O4+. The Labute approximate surface area is 179 Å². The number of esters is 1. The van der Waals surface area contributed by atoms with Crippen LogP contribution in [0.4, 0.5) is 4.79 Å². The highest BCUT2D eigenvalue weighted by atomic mass is 16.5. The minimum absolute atomic E-state index is 0.00153. The van der Waals surface area contributed by atoms with Gasteiger partial charge in [0.25, 0.3) is 0 Å². The van der Waals surface area contributed by atoms with Crippen molar-refractivity contribution in [1.29, 1.82) is 0 Å². The van der Waals surface area contributed by atoms with Gasteiger partial charge in [0.15, 0.2) is 0 Å². The number of amides is 1. The number of methoxy groups -OCH3 is 2. The molecule has 6 nitrogen and oxygen atoms in total. The molecule has 0 saturated heterocycles. The molecule has 0 saturated carbocycles. The van der Waals surface area contributed by atoms with Crippen molar-refractivity contribution in [3.05, 3.63) is 47.3 Å². The summed E-state index contributed by atoms with van der Waals surface area (Å²) in [5, 5.41) is 0. The third-order valence-electron chi connectivity index (χ3n) is 6.47. The van der Waals surface area contributed by atoms with Gasteiger partial charge < -0.3 is 9.47 Å². The van der Waals surface area contributed by atoms with Crippen LogP contribution >= 0.6 is 0 Å². The van der Waals surface area contributed by atoms with Gasteiger partial charge in [-0.3, -0.25) is 4.79 Å². The van der Waals surface area contributed by atoms with E-state index < -0.39 is 0 Å². The van der Waals surface area contributed by atoms with Crippen LogP contribution in [0.2, 0.25) is 0 Å². The maximum absolute atomic E-state index is 12.8. The molecule has 1 aliphatic heterocycles. The van der Waals surface area contributed by atoms with Crippen molar-refractivity contribution < 1.29 is 23.5 Å². The summed E-state index contributed by atoms with van der Waals surface area (Å²) in [4.78, 5) is 29.6. The normalized spacial score (nSPS) is 23.1. The van der Waals surface area contributed by atoms with Crippen LogP contribution in [0.15, 0.2) is 35.6 Å². The van der Waals surface area contributed by atoms with Crippen LogP contribution in [0, 0.1) is 5.92 Å². The summed E-state index contributed by atoms with van der Waals surface area (Å²) < 4.78 is 10.2. The number of carbonyl (C=O) groups is 2. The number of hydrogen-bond donors (Lipinski definition) is 0. The minimum Gasteiger partial charge on any atom is -0.469 e. The first-order valence-corrected chi connectivity index (χ1v) is 11.0. The summed E-state index contributed by atoms with van der Waals surface area (Å²) in [6.45, 7) is 4.81. The van der Waals surface area contributed by atoms with Gasteiger partial charge in [-0.15, -0.1) is 4.48 Å². The molecule has 1 aromatic carbocycles. The number of amidine groups is 1. The number of nitrogens with zero attached hydrogens (tertiary/aromatic N) is 2. The molecule has 3 atom stereocenters. The van der Waals surface area contributed by atoms with Gasteiger partial charge in [0.1, 0.15) is 6.20 Å². The van der Waals surface area contributed by atoms with Crippen LogP contribution in [-0.4, -0.2) is 43.1 Å². The fourth-order valence-corrected chi connectivity index (χ4v) is 4.86. The van der Waals surface area contributed by atoms with E-state index in [1.54, 1.807) is 6.20 Å². The van der Waals surface area contributed by atoms with E-state index in [-0.39, 0.29) is 28.4 Å². The van der Waals surface area contributed by atoms with Crippen LogP contribution < -0.4 is 0 Å². The third kappa shape index (κ3) is 3.93. The monoisotopic (exact) mass is 413 g/mol. The summed E-state index contributed by atoms with van der Waals surface area (Å²) in [5.41, 5.74) is 3.38. The van der Waals surface area contributed by atoms with E-state index in [4.69, 9.17) is 9.47 Å². The van der Waals surface area contributed by atoms with E-state index in [9.17, 15) is 9.59 Å². The van der Waals surface area contributed by atoms with Crippen molar-refractivity contribution in [2.24, 2.45) is 10.9 Å². The number of ether oxygens (including phenoxy) is 2. The number of aryl methyl sites for hydroxylation is 1. The zero-order valence-electron chi connectivity index (χ0n) is 18.5. The minimum atomic E-state index is -0.311. The number of unbranched alkanes of at least 4 members (excludes halogenated alkanes) is 2. The van der Waals surface area contributed by atoms with Crippen LogP contribution in [0.25, 0.3) is 0 Å². The molecule has 3 unspecified atom stereocenters. The Morgan fingerprint density at radius 1 is 1.20 bits per heavy atom. The van der Waals surface area contributed by atoms with Crippen molar-refractivity contribution in [2.75, 3.05) is 20.8 Å². The molecule has 1 amide bonds. The van der Waals surface area contributed by atoms with Crippen LogP contribution in [-0.2, 0) is 20.7 Å². The highest BCUT2D eigenvalue weighted by Gasteiger charge is 2.46. The molecule has 0 radical (unpaired) electrons. The lowest BCUT2D eigenvalue weighted by Gasteiger charge is -2.28. The summed E-state index contributed by atoms with van der Waals surface area (Å²) in [7, 11) is 2.88. The molecule has 0 bridgehead atoms. The SMILES string of the molecule is CCCCC[N+]1(C(=O)OC)C=CN=C1c1ccc2c(c1)CCC2C(CC)C(=O)OC. The first-order chi connectivity index (χ1) is 14.5. The Morgan fingerprint density at radius 3 is 2.67 bits per heavy atom. The number of aliphatic imine (C=N–C) groups is 1. The molecule has 0 N–H and O–H groups in total. The van der Waals surface area contributed by atoms with Gasteiger partial charge in [0.05, 0.1) is 38.4 Å². The lowest BCUT2D eigenvalue weighted by Crippen LogP contribution is -2.52. The molecule has 1 heterocycles. The van der Waals surface area contributed by atoms with E-state index in [0.29, 0.717) is 12.4 Å². The zero-order chi connectivity index (χ0) is 21.7. The fourth-order valence-electron chi connectivity index (χ4n) is 4.86. The molecular weight excluding hydrogens is 380 g/mol. The molecule has 30 heavy (non-hydrogen) atoms. The van der Waals surface area contributed by atoms with Gasteiger partial charge in [-0.2, -0.15) is 9.79 Å². The Kier molecular flexibility index (Phi) is 7.08. The molecule has 0 fully saturated rings. The fraction of sp³-hybridized carbons (Fsp3) is 0.542. The summed E-state index contributed by atoms with van der Waals surface area (Å²) in [5.74, 6) is 0.636. The predicted molar refractivity (Wildman–Crippen MR) is 116 cm³/mol. The average Bonchev–Trinajstić information content (AvgIpc) is 3.38. The standard InChI is InChI=1S/C24H33N2O4/c1-5-7-8-14-26(24(28)30-4)15-13-25-22(26)18-10-11-20-17(16-18)9-12-21(20)19(6-2)23(27)29-3/h10-11,13,15-16,19,21H,5-9,12,14H2,1-4H3/q+1. The number of quaternary nitrogens is 1. The van der Waals surface area contributed by atoms with Crippen LogP contribution in [0.3, 0.4) is 0 Å². The Hall–Kier alpha value is -2.47. The first kappa shape index (κ1) is 22.2. The van der Waals surface area contributed by atoms with Gasteiger partial charge in [0, 0.05) is 0 Å². The lowest BCUT2D eigenvalue weighted by molar-refractivity contribution is -0.708. The molecule has 1 aromatic rings. The molecule has 1 aliphatic carbocycles. The van der Waals surface area contributed by atoms with E-state index in [0.717, 1.165) is 44.1 Å². The summed E-state index contributed by atoms with van der Waals surface area (Å²) in [6.07, 6.45) is 8.88. The molecule has 3 rings (SSSR count). The van der Waals surface area contributed by atoms with Gasteiger partial charge in [-0.1, -0.05) is 26.3 Å². The highest BCUT2D eigenvalue weighted by Crippen LogP contribution is 2.41. The lowest BCUT2D eigenvalue weighted by atomic mass is 9.85. The largest absolute Gasteiger partial charge is 0.527 e. The topological polar surface area (TPSA) is 65.0 Å². The number of hydrogen-bond acceptors (Lipinski definition) is 5. The van der Waals surface area contributed by atoms with Gasteiger partial charge in [-0.25, -0.2) is 0 Å². The number of rotatable bonds is 8. The van der Waals surface area contributed by atoms with Crippen molar-refractivity contribution >= 4 is 17.9 Å². The van der Waals surface area contributed by atoms with E-state index in [1.165, 1.54) is 25.3 Å². The van der Waals surface area contributed by atoms with Gasteiger partial charge in [-0.05, 0) is 61.3 Å². The van der Waals surface area contributed by atoms with Crippen LogP contribution in [0.5, 0.6) is 0 Å². The van der Waals surface area contributed by atoms with Gasteiger partial charge >= 0.3 is 12.1 Å². The summed E-state index contributed by atoms with van der Waals surface area (Å²) in [6, 6.07) is 6.27. The predicted octanol–water partition coefficient (Wildman–Crippen LogP) is 4.92. The second-order valence-corrected chi connectivity index (χ2v) is 8.12. The first-order valence-electron chi connectivity index (χ1n) is 11.0. The maximum atomic E-state index is 12.8. The molecule has 0 spiro atoms. The van der Waals surface area contributed by atoms with Crippen molar-refractivity contribution in [2.45, 2.75) is 58.3 Å². The zero-order valence-corrected chi connectivity index (χ0v) is 18.5. The number of carbonyl (C=O) groups excluding carboxylic acids is 2. The Bertz CT molecular complexity index is 861. The van der Waals surface area contributed by atoms with Crippen molar-refractivity contribution in [1.82, 2.24) is 0 Å². The van der Waals surface area contributed by atoms with E-state index >= 15 is 0 Å². The smallest absolute Gasteiger partial charge is 0.469 e. The quantitative estimate of drug-likeness (QED) is 0.345. The Balaban J connectivity index is 1.92. The number of benzene rings is 1. The van der Waals surface area contributed by atoms with E-state index in [1.807, 2.05) is 19.2 Å². The number of fused-ring (bicyclic) bond motifs is 1. The van der Waals surface area contributed by atoms with Gasteiger partial charge in [0.2, 0.25) is 5.84 Å². The molecule has 0 aromatic heterocycles. The second-order valence-electron chi connectivity index (χ2n) is 8.12. The molecule has 2 aliphatic rings. The van der Waals surface area contributed by atoms with Crippen LogP contribution in [0.1, 0.15) is 68.6 Å². The second kappa shape index (κ2) is 9.56. The third-order valence-corrected chi connectivity index (χ3v) is 6.47. The molecule has 6 heteroatoms. The van der Waals surface area contributed by atoms with Crippen molar-refractivity contribution in [3.63, 3.8) is 0 Å². The Morgan fingerprint density at radius 2 is 2.00 bits per heavy atom. The average molecular weight is 414 g/mol.